The lowest BCUT2D eigenvalue weighted by Gasteiger charge is -2.43. The van der Waals surface area contributed by atoms with E-state index in [-0.39, 0.29) is 18.9 Å². The van der Waals surface area contributed by atoms with E-state index in [9.17, 15) is 22.8 Å². The summed E-state index contributed by atoms with van der Waals surface area (Å²) < 4.78 is 53.7. The molecule has 0 bridgehead atoms. The number of nitrogens with one attached hydrogen (secondary N) is 1. The number of likely N-dealkylation sites (tertiary alicyclic amines) is 1. The number of unbranched alkanes of at least 4 members (excludes halogenated alkanes) is 2. The van der Waals surface area contributed by atoms with Crippen molar-refractivity contribution in [1.29, 1.82) is 0 Å². The molecule has 3 unspecified atom stereocenters. The number of halogens is 3. The van der Waals surface area contributed by atoms with E-state index >= 15 is 0 Å². The summed E-state index contributed by atoms with van der Waals surface area (Å²) in [5.74, 6) is -2.22. The van der Waals surface area contributed by atoms with Gasteiger partial charge in [0.05, 0.1) is 0 Å². The maximum absolute atomic E-state index is 14.7. The quantitative estimate of drug-likeness (QED) is 0.319. The molecule has 0 aromatic heterocycles. The maximum atomic E-state index is 14.7. The van der Waals surface area contributed by atoms with E-state index in [1.54, 1.807) is 27.7 Å². The molecule has 9 heteroatoms. The molecule has 0 saturated carbocycles. The molecule has 1 aromatic carbocycles. The number of nitrogens with zero attached hydrogens (tertiary/aromatic N) is 1. The lowest BCUT2D eigenvalue weighted by atomic mass is 9.81. The third-order valence-electron chi connectivity index (χ3n) is 5.66. The molecule has 1 N–H and O–H groups in total. The van der Waals surface area contributed by atoms with Crippen molar-refractivity contribution in [3.8, 4) is 12.3 Å². The Morgan fingerprint density at radius 1 is 1.21 bits per heavy atom. The van der Waals surface area contributed by atoms with Crippen molar-refractivity contribution in [3.05, 3.63) is 35.1 Å². The Morgan fingerprint density at radius 2 is 1.88 bits per heavy atom. The molecule has 6 nitrogen and oxygen atoms in total. The molecule has 34 heavy (non-hydrogen) atoms. The normalized spacial score (nSPS) is 20.7. The molecule has 1 aliphatic rings. The predicted octanol–water partition coefficient (Wildman–Crippen LogP) is 4.52. The molecule has 2 amide bonds. The molecule has 188 valence electrons. The van der Waals surface area contributed by atoms with E-state index in [1.165, 1.54) is 4.90 Å². The van der Waals surface area contributed by atoms with E-state index < -0.39 is 52.7 Å². The van der Waals surface area contributed by atoms with Gasteiger partial charge in [-0.1, -0.05) is 5.92 Å². The first kappa shape index (κ1) is 27.5. The van der Waals surface area contributed by atoms with Crippen molar-refractivity contribution in [2.45, 2.75) is 77.0 Å². The maximum Gasteiger partial charge on any atom is 0.408 e. The molecule has 1 heterocycles. The summed E-state index contributed by atoms with van der Waals surface area (Å²) in [6, 6.07) is -0.0958. The average Bonchev–Trinajstić information content (AvgIpc) is 2.74. The van der Waals surface area contributed by atoms with Crippen LogP contribution in [0.25, 0.3) is 0 Å². The average molecular weight is 483 g/mol. The topological polar surface area (TPSA) is 67.9 Å². The highest BCUT2D eigenvalue weighted by Gasteiger charge is 2.43. The first-order chi connectivity index (χ1) is 16.0. The second-order valence-corrected chi connectivity index (χ2v) is 9.39. The fourth-order valence-corrected chi connectivity index (χ4v) is 4.09. The van der Waals surface area contributed by atoms with Gasteiger partial charge in [0.25, 0.3) is 0 Å². The molecular weight excluding hydrogens is 449 g/mol. The van der Waals surface area contributed by atoms with Crippen LogP contribution in [-0.4, -0.2) is 54.3 Å². The van der Waals surface area contributed by atoms with Gasteiger partial charge < -0.3 is 19.7 Å². The fraction of sp³-hybridized carbons (Fsp3) is 0.600. The van der Waals surface area contributed by atoms with E-state index in [2.05, 4.69) is 11.2 Å². The first-order valence-corrected chi connectivity index (χ1v) is 11.4. The smallest absolute Gasteiger partial charge is 0.408 e. The third kappa shape index (κ3) is 7.39. The number of piperidine rings is 1. The van der Waals surface area contributed by atoms with Crippen molar-refractivity contribution in [2.75, 3.05) is 19.8 Å². The number of carbonyl (C=O) groups excluding carboxylic acids is 2. The van der Waals surface area contributed by atoms with Crippen molar-refractivity contribution in [2.24, 2.45) is 0 Å². The molecule has 1 saturated heterocycles. The van der Waals surface area contributed by atoms with Crippen LogP contribution in [-0.2, 0) is 14.3 Å². The summed E-state index contributed by atoms with van der Waals surface area (Å²) in [6.07, 6.45) is 6.30. The van der Waals surface area contributed by atoms with Gasteiger partial charge in [0, 0.05) is 30.7 Å². The molecule has 1 fully saturated rings. The van der Waals surface area contributed by atoms with Gasteiger partial charge in [0.2, 0.25) is 5.91 Å². The van der Waals surface area contributed by atoms with Crippen LogP contribution in [0.15, 0.2) is 12.1 Å². The Balaban J connectivity index is 2.22. The van der Waals surface area contributed by atoms with Crippen molar-refractivity contribution >= 4 is 12.0 Å². The van der Waals surface area contributed by atoms with E-state index in [0.29, 0.717) is 19.6 Å². The number of hydrogen-bond donors (Lipinski definition) is 1. The monoisotopic (exact) mass is 482 g/mol. The molecule has 1 aliphatic heterocycles. The number of terminal acetylenes is 1. The largest absolute Gasteiger partial charge is 0.444 e. The van der Waals surface area contributed by atoms with Crippen LogP contribution in [0.5, 0.6) is 0 Å². The predicted molar refractivity (Wildman–Crippen MR) is 122 cm³/mol. The Hall–Kier alpha value is -2.73. The van der Waals surface area contributed by atoms with Gasteiger partial charge in [-0.15, -0.1) is 6.42 Å². The van der Waals surface area contributed by atoms with Gasteiger partial charge in [-0.25, -0.2) is 18.0 Å². The Kier molecular flexibility index (Phi) is 9.80. The molecule has 1 aromatic rings. The number of carbonyl (C=O) groups is 2. The van der Waals surface area contributed by atoms with Gasteiger partial charge in [0.1, 0.15) is 24.1 Å². The Bertz CT molecular complexity index is 911. The van der Waals surface area contributed by atoms with Crippen molar-refractivity contribution in [1.82, 2.24) is 10.2 Å². The number of hydrogen-bond acceptors (Lipinski definition) is 4. The Morgan fingerprint density at radius 3 is 2.53 bits per heavy atom. The zero-order chi connectivity index (χ0) is 25.5. The summed E-state index contributed by atoms with van der Waals surface area (Å²) in [7, 11) is 0. The van der Waals surface area contributed by atoms with Crippen LogP contribution in [0, 0.1) is 29.8 Å². The van der Waals surface area contributed by atoms with E-state index in [4.69, 9.17) is 15.9 Å². The molecule has 0 spiro atoms. The van der Waals surface area contributed by atoms with Gasteiger partial charge >= 0.3 is 6.09 Å². The lowest BCUT2D eigenvalue weighted by molar-refractivity contribution is -0.139. The van der Waals surface area contributed by atoms with Gasteiger partial charge in [-0.3, -0.25) is 4.79 Å². The van der Waals surface area contributed by atoms with Crippen LogP contribution >= 0.6 is 0 Å². The number of rotatable bonds is 9. The minimum atomic E-state index is -1.28. The number of ether oxygens (including phenoxy) is 2. The summed E-state index contributed by atoms with van der Waals surface area (Å²) in [5.41, 5.74) is -1.22. The standard InChI is InChI=1S/C25H33F3N2O4/c1-6-13-33-14-9-7-8-12-30-16(2)17(21-18(26)10-11-19(27)22(21)28)15-20(23(30)31)29-24(32)34-25(3,4)5/h1,10-11,16-17,20H,7-9,12-15H2,2-5H3,(H,29,32). The van der Waals surface area contributed by atoms with E-state index in [0.717, 1.165) is 25.0 Å². The molecule has 0 radical (unpaired) electrons. The highest BCUT2D eigenvalue weighted by molar-refractivity contribution is 5.87. The van der Waals surface area contributed by atoms with Gasteiger partial charge in [-0.05, 0) is 65.5 Å². The van der Waals surface area contributed by atoms with Gasteiger partial charge in [-0.2, -0.15) is 0 Å². The van der Waals surface area contributed by atoms with Crippen molar-refractivity contribution in [3.63, 3.8) is 0 Å². The zero-order valence-electron chi connectivity index (χ0n) is 20.1. The molecule has 2 rings (SSSR count). The lowest BCUT2D eigenvalue weighted by Crippen LogP contribution is -2.58. The summed E-state index contributed by atoms with van der Waals surface area (Å²) in [6.45, 7) is 7.72. The number of amides is 2. The van der Waals surface area contributed by atoms with Crippen LogP contribution in [0.1, 0.15) is 64.9 Å². The van der Waals surface area contributed by atoms with Crippen molar-refractivity contribution < 1.29 is 32.2 Å². The van der Waals surface area contributed by atoms with Crippen LogP contribution in [0.2, 0.25) is 0 Å². The second kappa shape index (κ2) is 12.1. The molecular formula is C25H33F3N2O4. The van der Waals surface area contributed by atoms with Crippen LogP contribution in [0.4, 0.5) is 18.0 Å². The van der Waals surface area contributed by atoms with Gasteiger partial charge in [0.15, 0.2) is 11.6 Å². The molecule has 0 aliphatic carbocycles. The fourth-order valence-electron chi connectivity index (χ4n) is 4.09. The summed E-state index contributed by atoms with van der Waals surface area (Å²) in [4.78, 5) is 27.0. The van der Waals surface area contributed by atoms with Crippen LogP contribution < -0.4 is 5.32 Å². The number of alkyl carbamates (subject to hydrolysis) is 1. The molecule has 3 atom stereocenters. The second-order valence-electron chi connectivity index (χ2n) is 9.39. The number of benzene rings is 1. The summed E-state index contributed by atoms with van der Waals surface area (Å²) >= 11 is 0. The third-order valence-corrected chi connectivity index (χ3v) is 5.66. The first-order valence-electron chi connectivity index (χ1n) is 11.4. The zero-order valence-corrected chi connectivity index (χ0v) is 20.1. The van der Waals surface area contributed by atoms with Crippen LogP contribution in [0.3, 0.4) is 0 Å². The summed E-state index contributed by atoms with van der Waals surface area (Å²) in [5, 5.41) is 2.52. The minimum Gasteiger partial charge on any atom is -0.444 e. The van der Waals surface area contributed by atoms with E-state index in [1.807, 2.05) is 0 Å². The SMILES string of the molecule is C#CCOCCCCCN1C(=O)C(NC(=O)OC(C)(C)C)CC(c2c(F)ccc(F)c2F)C1C. The highest BCUT2D eigenvalue weighted by atomic mass is 19.2. The Labute approximate surface area is 199 Å². The highest BCUT2D eigenvalue weighted by Crippen LogP contribution is 2.37. The minimum absolute atomic E-state index is 0.0903.